The molecule has 1 aromatic carbocycles. The predicted octanol–water partition coefficient (Wildman–Crippen LogP) is 3.25. The van der Waals surface area contributed by atoms with E-state index in [2.05, 4.69) is 28.3 Å². The Morgan fingerprint density at radius 1 is 1.49 bits per heavy atom. The minimum Gasteiger partial charge on any atom is -0.389 e. The molecule has 0 saturated heterocycles. The number of carbonyl (C=O) groups is 3. The van der Waals surface area contributed by atoms with Crippen molar-refractivity contribution in [3.63, 3.8) is 0 Å². The second-order valence-corrected chi connectivity index (χ2v) is 8.64. The van der Waals surface area contributed by atoms with Crippen molar-refractivity contribution in [3.8, 4) is 6.07 Å². The summed E-state index contributed by atoms with van der Waals surface area (Å²) in [5, 5.41) is 16.5. The van der Waals surface area contributed by atoms with Crippen LogP contribution in [0.3, 0.4) is 0 Å². The Morgan fingerprint density at radius 2 is 2.26 bits per heavy atom. The van der Waals surface area contributed by atoms with Crippen molar-refractivity contribution in [2.24, 2.45) is 16.1 Å². The average molecular weight is 496 g/mol. The molecule has 2 unspecified atom stereocenters. The van der Waals surface area contributed by atoms with Gasteiger partial charge in [-0.25, -0.2) is 4.99 Å². The van der Waals surface area contributed by atoms with Crippen molar-refractivity contribution in [1.82, 2.24) is 10.2 Å². The third-order valence-corrected chi connectivity index (χ3v) is 6.49. The molecule has 0 aromatic heterocycles. The Labute approximate surface area is 208 Å². The number of hydrogen-bond donors (Lipinski definition) is 1. The largest absolute Gasteiger partial charge is 0.389 e. The standard InChI is InChI=1S/C25H26ClN5O4/c1-15-18(12-27)10-17(11-21(15)26)23(28-2)30-35-14-16-6-7-20-19(9-16)13-31(25(20)34)22(5-4-8-32)24(33)29-3/h6-9,11,18,22H,2,4-5,10,13-14H2,1,3H3,(H,29,33)/b30-23-. The number of aldehydes is 1. The summed E-state index contributed by atoms with van der Waals surface area (Å²) in [6, 6.07) is 6.78. The van der Waals surface area contributed by atoms with Gasteiger partial charge in [-0.2, -0.15) is 5.26 Å². The number of oxime groups is 1. The van der Waals surface area contributed by atoms with E-state index >= 15 is 0 Å². The molecule has 2 aliphatic rings. The molecule has 2 amide bonds. The van der Waals surface area contributed by atoms with E-state index in [0.29, 0.717) is 22.6 Å². The van der Waals surface area contributed by atoms with Crippen LogP contribution < -0.4 is 5.32 Å². The molecule has 10 heteroatoms. The smallest absolute Gasteiger partial charge is 0.255 e. The normalized spacial score (nSPS) is 18.4. The monoisotopic (exact) mass is 495 g/mol. The van der Waals surface area contributed by atoms with Gasteiger partial charge in [0.25, 0.3) is 5.91 Å². The number of amides is 2. The molecule has 182 valence electrons. The van der Waals surface area contributed by atoms with Gasteiger partial charge in [0.1, 0.15) is 18.9 Å². The number of aliphatic imine (C=N–C) groups is 1. The van der Waals surface area contributed by atoms with E-state index in [1.807, 2.05) is 13.0 Å². The van der Waals surface area contributed by atoms with Crippen LogP contribution in [0.15, 0.2) is 50.6 Å². The Kier molecular flexibility index (Phi) is 8.55. The first-order valence-corrected chi connectivity index (χ1v) is 11.4. The average Bonchev–Trinajstić information content (AvgIpc) is 3.18. The number of rotatable bonds is 9. The van der Waals surface area contributed by atoms with E-state index in [0.717, 1.165) is 23.0 Å². The number of fused-ring (bicyclic) bond motifs is 1. The van der Waals surface area contributed by atoms with Crippen molar-refractivity contribution in [2.45, 2.75) is 45.4 Å². The number of benzene rings is 1. The molecule has 2 atom stereocenters. The van der Waals surface area contributed by atoms with E-state index in [1.165, 1.54) is 11.9 Å². The molecule has 0 radical (unpaired) electrons. The number of likely N-dealkylation sites (N-methyl/N-ethyl adjacent to an activating group) is 1. The maximum absolute atomic E-state index is 12.9. The van der Waals surface area contributed by atoms with Crippen LogP contribution in [0.5, 0.6) is 0 Å². The van der Waals surface area contributed by atoms with E-state index in [9.17, 15) is 19.6 Å². The maximum atomic E-state index is 12.9. The molecule has 0 saturated carbocycles. The SMILES string of the molecule is C=N/C(=N\OCc1ccc2c(c1)CN(C(CCC=O)C(=O)NC)C2=O)C1=CC(Cl)=C(C)C(C#N)C1. The van der Waals surface area contributed by atoms with E-state index in [1.54, 1.807) is 18.2 Å². The van der Waals surface area contributed by atoms with E-state index in [4.69, 9.17) is 16.4 Å². The molecule has 3 rings (SSSR count). The van der Waals surface area contributed by atoms with Gasteiger partial charge in [0, 0.05) is 36.2 Å². The van der Waals surface area contributed by atoms with Gasteiger partial charge in [-0.3, -0.25) is 9.59 Å². The summed E-state index contributed by atoms with van der Waals surface area (Å²) in [4.78, 5) is 46.9. The topological polar surface area (TPSA) is 124 Å². The fourth-order valence-corrected chi connectivity index (χ4v) is 4.34. The second-order valence-electron chi connectivity index (χ2n) is 8.23. The zero-order valence-corrected chi connectivity index (χ0v) is 20.3. The zero-order chi connectivity index (χ0) is 25.5. The minimum absolute atomic E-state index is 0.113. The Hall–Kier alpha value is -3.77. The zero-order valence-electron chi connectivity index (χ0n) is 19.6. The van der Waals surface area contributed by atoms with Gasteiger partial charge in [-0.1, -0.05) is 22.8 Å². The number of amidine groups is 1. The lowest BCUT2D eigenvalue weighted by Gasteiger charge is -2.25. The lowest BCUT2D eigenvalue weighted by atomic mass is 9.88. The highest BCUT2D eigenvalue weighted by molar-refractivity contribution is 6.32. The molecular weight excluding hydrogens is 470 g/mol. The van der Waals surface area contributed by atoms with Crippen LogP contribution in [-0.4, -0.2) is 48.6 Å². The number of nitrogens with one attached hydrogen (secondary N) is 1. The number of nitrogens with zero attached hydrogens (tertiary/aromatic N) is 4. The van der Waals surface area contributed by atoms with Crippen LogP contribution in [0.1, 0.15) is 47.7 Å². The van der Waals surface area contributed by atoms with Gasteiger partial charge in [0.15, 0.2) is 5.84 Å². The van der Waals surface area contributed by atoms with Crippen molar-refractivity contribution in [3.05, 3.63) is 57.1 Å². The molecular formula is C25H26ClN5O4. The van der Waals surface area contributed by atoms with Crippen LogP contribution >= 0.6 is 11.6 Å². The summed E-state index contributed by atoms with van der Waals surface area (Å²) in [5.41, 5.74) is 3.51. The summed E-state index contributed by atoms with van der Waals surface area (Å²) in [6.45, 7) is 5.73. The van der Waals surface area contributed by atoms with Crippen molar-refractivity contribution in [1.29, 1.82) is 5.26 Å². The minimum atomic E-state index is -0.721. The fourth-order valence-electron chi connectivity index (χ4n) is 4.08. The first kappa shape index (κ1) is 25.8. The van der Waals surface area contributed by atoms with E-state index in [-0.39, 0.29) is 49.6 Å². The number of allylic oxidation sites excluding steroid dienone is 3. The van der Waals surface area contributed by atoms with Crippen molar-refractivity contribution < 1.29 is 19.2 Å². The molecule has 35 heavy (non-hydrogen) atoms. The quantitative estimate of drug-likeness (QED) is 0.244. The van der Waals surface area contributed by atoms with Gasteiger partial charge in [0.2, 0.25) is 5.91 Å². The van der Waals surface area contributed by atoms with Crippen LogP contribution in [0.2, 0.25) is 0 Å². The highest BCUT2D eigenvalue weighted by Gasteiger charge is 2.35. The summed E-state index contributed by atoms with van der Waals surface area (Å²) < 4.78 is 0. The van der Waals surface area contributed by atoms with Crippen molar-refractivity contribution in [2.75, 3.05) is 7.05 Å². The lowest BCUT2D eigenvalue weighted by molar-refractivity contribution is -0.125. The predicted molar refractivity (Wildman–Crippen MR) is 132 cm³/mol. The highest BCUT2D eigenvalue weighted by Crippen LogP contribution is 2.32. The molecule has 1 aromatic rings. The van der Waals surface area contributed by atoms with Crippen LogP contribution in [-0.2, 0) is 27.6 Å². The highest BCUT2D eigenvalue weighted by atomic mass is 35.5. The fraction of sp³-hybridized carbons (Fsp3) is 0.360. The van der Waals surface area contributed by atoms with Gasteiger partial charge in [-0.05, 0) is 61.4 Å². The van der Waals surface area contributed by atoms with Gasteiger partial charge in [-0.15, -0.1) is 0 Å². The number of carbonyl (C=O) groups excluding carboxylic acids is 3. The number of nitriles is 1. The van der Waals surface area contributed by atoms with Gasteiger partial charge >= 0.3 is 0 Å². The summed E-state index contributed by atoms with van der Waals surface area (Å²) in [7, 11) is 1.50. The van der Waals surface area contributed by atoms with Crippen LogP contribution in [0, 0.1) is 17.2 Å². The molecule has 1 heterocycles. The van der Waals surface area contributed by atoms with E-state index < -0.39 is 6.04 Å². The lowest BCUT2D eigenvalue weighted by Crippen LogP contribution is -2.46. The third-order valence-electron chi connectivity index (χ3n) is 6.08. The molecule has 9 nitrogen and oxygen atoms in total. The maximum Gasteiger partial charge on any atom is 0.255 e. The second kappa shape index (κ2) is 11.6. The van der Waals surface area contributed by atoms with Crippen LogP contribution in [0.25, 0.3) is 0 Å². The molecule has 1 aliphatic heterocycles. The molecule has 0 bridgehead atoms. The van der Waals surface area contributed by atoms with Gasteiger partial charge in [0.05, 0.1) is 12.0 Å². The Balaban J connectivity index is 1.72. The van der Waals surface area contributed by atoms with Crippen molar-refractivity contribution >= 4 is 42.3 Å². The molecule has 1 N–H and O–H groups in total. The first-order valence-electron chi connectivity index (χ1n) is 11.1. The first-order chi connectivity index (χ1) is 16.8. The molecule has 0 spiro atoms. The third kappa shape index (κ3) is 5.66. The number of hydrogen-bond acceptors (Lipinski definition) is 6. The summed E-state index contributed by atoms with van der Waals surface area (Å²) in [6.07, 6.45) is 3.30. The number of halogens is 1. The van der Waals surface area contributed by atoms with Gasteiger partial charge < -0.3 is 19.8 Å². The molecule has 1 aliphatic carbocycles. The Bertz CT molecular complexity index is 1180. The summed E-state index contributed by atoms with van der Waals surface area (Å²) in [5.74, 6) is -0.672. The Morgan fingerprint density at radius 3 is 2.91 bits per heavy atom. The van der Waals surface area contributed by atoms with Crippen LogP contribution in [0.4, 0.5) is 0 Å². The molecule has 0 fully saturated rings. The summed E-state index contributed by atoms with van der Waals surface area (Å²) >= 11 is 6.24.